The lowest BCUT2D eigenvalue weighted by atomic mass is 9.96. The Morgan fingerprint density at radius 3 is 2.53 bits per heavy atom. The van der Waals surface area contributed by atoms with Crippen LogP contribution in [0.15, 0.2) is 0 Å². The van der Waals surface area contributed by atoms with Crippen molar-refractivity contribution in [2.45, 2.75) is 63.5 Å². The lowest BCUT2D eigenvalue weighted by Crippen LogP contribution is -2.46. The van der Waals surface area contributed by atoms with Gasteiger partial charge in [0.05, 0.1) is 12.5 Å². The molecule has 0 aromatic rings. The molecule has 2 aliphatic rings. The van der Waals surface area contributed by atoms with E-state index in [-0.39, 0.29) is 0 Å². The van der Waals surface area contributed by atoms with Crippen LogP contribution in [0.4, 0.5) is 0 Å². The van der Waals surface area contributed by atoms with Crippen molar-refractivity contribution in [2.24, 2.45) is 0 Å². The van der Waals surface area contributed by atoms with E-state index in [0.717, 1.165) is 11.7 Å². The van der Waals surface area contributed by atoms with E-state index in [1.54, 1.807) is 0 Å². The predicted molar refractivity (Wildman–Crippen MR) is 72.6 cm³/mol. The lowest BCUT2D eigenvalue weighted by molar-refractivity contribution is 0.369. The molecule has 0 unspecified atom stereocenters. The Morgan fingerprint density at radius 1 is 1.24 bits per heavy atom. The summed E-state index contributed by atoms with van der Waals surface area (Å²) in [6, 6.07) is 3.38. The maximum atomic E-state index is 8.68. The van der Waals surface area contributed by atoms with Gasteiger partial charge in [0.15, 0.2) is 5.11 Å². The minimum Gasteiger partial charge on any atom is -0.360 e. The molecular formula is C13H21N3S. The quantitative estimate of drug-likeness (QED) is 0.780. The van der Waals surface area contributed by atoms with Crippen molar-refractivity contribution < 1.29 is 0 Å². The average molecular weight is 251 g/mol. The van der Waals surface area contributed by atoms with Gasteiger partial charge in [-0.15, -0.1) is 0 Å². The highest BCUT2D eigenvalue weighted by Gasteiger charge is 2.31. The first-order chi connectivity index (χ1) is 8.31. The SMILES string of the molecule is N#CCCN(C(=S)NC1CCCCC1)C1CC1. The first-order valence-corrected chi connectivity index (χ1v) is 7.16. The highest BCUT2D eigenvalue weighted by atomic mass is 32.1. The van der Waals surface area contributed by atoms with Crippen LogP contribution in [0, 0.1) is 11.3 Å². The molecule has 17 heavy (non-hydrogen) atoms. The molecule has 2 rings (SSSR count). The third-order valence-electron chi connectivity index (χ3n) is 3.65. The zero-order valence-corrected chi connectivity index (χ0v) is 11.1. The zero-order valence-electron chi connectivity index (χ0n) is 10.3. The normalized spacial score (nSPS) is 20.6. The van der Waals surface area contributed by atoms with E-state index < -0.39 is 0 Å². The minimum absolute atomic E-state index is 0.569. The topological polar surface area (TPSA) is 39.1 Å². The van der Waals surface area contributed by atoms with E-state index >= 15 is 0 Å². The summed E-state index contributed by atoms with van der Waals surface area (Å²) in [4.78, 5) is 2.23. The molecule has 94 valence electrons. The van der Waals surface area contributed by atoms with E-state index in [2.05, 4.69) is 16.3 Å². The van der Waals surface area contributed by atoms with Crippen LogP contribution in [0.2, 0.25) is 0 Å². The van der Waals surface area contributed by atoms with Gasteiger partial charge in [0.1, 0.15) is 0 Å². The summed E-state index contributed by atoms with van der Waals surface area (Å²) in [5, 5.41) is 13.1. The molecule has 0 atom stereocenters. The van der Waals surface area contributed by atoms with Gasteiger partial charge in [-0.2, -0.15) is 5.26 Å². The third-order valence-corrected chi connectivity index (χ3v) is 4.00. The predicted octanol–water partition coefficient (Wildman–Crippen LogP) is 2.57. The Balaban J connectivity index is 1.80. The van der Waals surface area contributed by atoms with Gasteiger partial charge >= 0.3 is 0 Å². The van der Waals surface area contributed by atoms with Gasteiger partial charge in [-0.3, -0.25) is 0 Å². The summed E-state index contributed by atoms with van der Waals surface area (Å²) in [5.41, 5.74) is 0. The number of hydrogen-bond donors (Lipinski definition) is 1. The fourth-order valence-electron chi connectivity index (χ4n) is 2.51. The maximum Gasteiger partial charge on any atom is 0.169 e. The Bertz CT molecular complexity index is 300. The second-order valence-electron chi connectivity index (χ2n) is 5.12. The smallest absolute Gasteiger partial charge is 0.169 e. The Morgan fingerprint density at radius 2 is 1.94 bits per heavy atom. The van der Waals surface area contributed by atoms with Crippen molar-refractivity contribution in [1.29, 1.82) is 5.26 Å². The van der Waals surface area contributed by atoms with Gasteiger partial charge in [-0.25, -0.2) is 0 Å². The van der Waals surface area contributed by atoms with Crippen molar-refractivity contribution in [3.8, 4) is 6.07 Å². The maximum absolute atomic E-state index is 8.68. The largest absolute Gasteiger partial charge is 0.360 e. The number of rotatable bonds is 4. The van der Waals surface area contributed by atoms with Crippen LogP contribution in [0.1, 0.15) is 51.4 Å². The van der Waals surface area contributed by atoms with Crippen LogP contribution >= 0.6 is 12.2 Å². The molecule has 0 heterocycles. The van der Waals surface area contributed by atoms with Gasteiger partial charge in [0.2, 0.25) is 0 Å². The van der Waals surface area contributed by atoms with Gasteiger partial charge in [0.25, 0.3) is 0 Å². The van der Waals surface area contributed by atoms with Gasteiger partial charge in [-0.1, -0.05) is 19.3 Å². The molecule has 0 aromatic heterocycles. The molecule has 0 bridgehead atoms. The van der Waals surface area contributed by atoms with Crippen molar-refractivity contribution in [3.63, 3.8) is 0 Å². The summed E-state index contributed by atoms with van der Waals surface area (Å²) < 4.78 is 0. The summed E-state index contributed by atoms with van der Waals surface area (Å²) in [5.74, 6) is 0. The molecule has 3 nitrogen and oxygen atoms in total. The van der Waals surface area contributed by atoms with E-state index in [9.17, 15) is 0 Å². The molecule has 2 aliphatic carbocycles. The van der Waals surface area contributed by atoms with Crippen LogP contribution in [0.5, 0.6) is 0 Å². The molecule has 2 fully saturated rings. The Hall–Kier alpha value is -0.820. The van der Waals surface area contributed by atoms with Crippen LogP contribution in [-0.2, 0) is 0 Å². The summed E-state index contributed by atoms with van der Waals surface area (Å²) in [7, 11) is 0. The number of nitrogens with one attached hydrogen (secondary N) is 1. The second-order valence-corrected chi connectivity index (χ2v) is 5.50. The van der Waals surface area contributed by atoms with Gasteiger partial charge in [0, 0.05) is 18.6 Å². The summed E-state index contributed by atoms with van der Waals surface area (Å²) in [6.45, 7) is 0.791. The second kappa shape index (κ2) is 6.20. The van der Waals surface area contributed by atoms with Crippen LogP contribution < -0.4 is 5.32 Å². The van der Waals surface area contributed by atoms with E-state index in [4.69, 9.17) is 17.5 Å². The fraction of sp³-hybridized carbons (Fsp3) is 0.846. The van der Waals surface area contributed by atoms with Crippen LogP contribution in [-0.4, -0.2) is 28.6 Å². The molecule has 4 heteroatoms. The first kappa shape index (κ1) is 12.6. The molecule has 0 saturated heterocycles. The Kier molecular flexibility index (Phi) is 4.61. The number of nitrogens with zero attached hydrogens (tertiary/aromatic N) is 2. The monoisotopic (exact) mass is 251 g/mol. The summed E-state index contributed by atoms with van der Waals surface area (Å²) in [6.07, 6.45) is 9.54. The third kappa shape index (κ3) is 3.85. The van der Waals surface area contributed by atoms with Gasteiger partial charge < -0.3 is 10.2 Å². The highest BCUT2D eigenvalue weighted by Crippen LogP contribution is 2.27. The minimum atomic E-state index is 0.569. The molecule has 0 aliphatic heterocycles. The van der Waals surface area contributed by atoms with Crippen molar-refractivity contribution >= 4 is 17.3 Å². The van der Waals surface area contributed by atoms with Gasteiger partial charge in [-0.05, 0) is 37.9 Å². The van der Waals surface area contributed by atoms with Crippen molar-refractivity contribution in [1.82, 2.24) is 10.2 Å². The number of thiocarbonyl (C=S) groups is 1. The zero-order chi connectivity index (χ0) is 12.1. The first-order valence-electron chi connectivity index (χ1n) is 6.75. The molecular weight excluding hydrogens is 230 g/mol. The average Bonchev–Trinajstić information content (AvgIpc) is 3.15. The molecule has 0 amide bonds. The molecule has 0 radical (unpaired) electrons. The van der Waals surface area contributed by atoms with Crippen molar-refractivity contribution in [3.05, 3.63) is 0 Å². The molecule has 2 saturated carbocycles. The molecule has 0 aromatic carbocycles. The highest BCUT2D eigenvalue weighted by molar-refractivity contribution is 7.80. The van der Waals surface area contributed by atoms with Crippen LogP contribution in [0.3, 0.4) is 0 Å². The van der Waals surface area contributed by atoms with E-state index in [0.29, 0.717) is 18.5 Å². The molecule has 1 N–H and O–H groups in total. The lowest BCUT2D eigenvalue weighted by Gasteiger charge is -2.30. The summed E-state index contributed by atoms with van der Waals surface area (Å²) >= 11 is 5.49. The van der Waals surface area contributed by atoms with E-state index in [1.807, 2.05) is 0 Å². The number of nitriles is 1. The van der Waals surface area contributed by atoms with E-state index in [1.165, 1.54) is 44.9 Å². The molecule has 0 spiro atoms. The fourth-order valence-corrected chi connectivity index (χ4v) is 2.92. The van der Waals surface area contributed by atoms with Crippen molar-refractivity contribution in [2.75, 3.05) is 6.54 Å². The standard InChI is InChI=1S/C13H21N3S/c14-9-4-10-16(12-7-8-12)13(17)15-11-5-2-1-3-6-11/h11-12H,1-8,10H2,(H,15,17). The number of hydrogen-bond acceptors (Lipinski definition) is 2. The van der Waals surface area contributed by atoms with Crippen LogP contribution in [0.25, 0.3) is 0 Å². The Labute approximate surface area is 109 Å².